The number of hydrogen-bond acceptors (Lipinski definition) is 5. The van der Waals surface area contributed by atoms with Crippen molar-refractivity contribution in [1.82, 2.24) is 19.9 Å². The molecule has 1 fully saturated rings. The first kappa shape index (κ1) is 16.7. The molecule has 26 heavy (non-hydrogen) atoms. The van der Waals surface area contributed by atoms with E-state index in [4.69, 9.17) is 9.72 Å². The van der Waals surface area contributed by atoms with Crippen LogP contribution >= 0.6 is 0 Å². The zero-order valence-corrected chi connectivity index (χ0v) is 14.7. The van der Waals surface area contributed by atoms with E-state index >= 15 is 0 Å². The third-order valence-electron chi connectivity index (χ3n) is 4.35. The predicted molar refractivity (Wildman–Crippen MR) is 97.2 cm³/mol. The monoisotopic (exact) mass is 353 g/mol. The Kier molecular flexibility index (Phi) is 4.38. The van der Waals surface area contributed by atoms with Crippen molar-refractivity contribution in [3.05, 3.63) is 48.7 Å². The number of imidazole rings is 1. The molecule has 1 aromatic carbocycles. The van der Waals surface area contributed by atoms with E-state index in [0.717, 1.165) is 29.9 Å². The van der Waals surface area contributed by atoms with Gasteiger partial charge < -0.3 is 14.6 Å². The number of nitrogens with zero attached hydrogens (tertiary/aromatic N) is 4. The molecule has 2 atom stereocenters. The maximum Gasteiger partial charge on any atom is 0.226 e. The zero-order valence-electron chi connectivity index (χ0n) is 14.7. The van der Waals surface area contributed by atoms with Gasteiger partial charge in [-0.05, 0) is 38.1 Å². The average molecular weight is 353 g/mol. The second kappa shape index (κ2) is 6.84. The Morgan fingerprint density at radius 1 is 1.12 bits per heavy atom. The lowest BCUT2D eigenvalue weighted by Crippen LogP contribution is -2.46. The molecule has 1 aliphatic heterocycles. The second-order valence-corrected chi connectivity index (χ2v) is 6.54. The predicted octanol–water partition coefficient (Wildman–Crippen LogP) is 3.29. The number of rotatable bonds is 3. The van der Waals surface area contributed by atoms with E-state index in [-0.39, 0.29) is 18.0 Å². The number of benzene rings is 1. The lowest BCUT2D eigenvalue weighted by molar-refractivity contribution is -0.00571. The van der Waals surface area contributed by atoms with Crippen molar-refractivity contribution >= 4 is 5.95 Å². The average Bonchev–Trinajstić information content (AvgIpc) is 3.15. The van der Waals surface area contributed by atoms with Crippen LogP contribution < -0.4 is 4.90 Å². The number of nitrogens with one attached hydrogen (secondary N) is 1. The van der Waals surface area contributed by atoms with Crippen LogP contribution in [0.5, 0.6) is 0 Å². The van der Waals surface area contributed by atoms with Gasteiger partial charge in [0, 0.05) is 37.2 Å². The highest BCUT2D eigenvalue weighted by molar-refractivity contribution is 5.77. The third-order valence-corrected chi connectivity index (χ3v) is 4.35. The fraction of sp³-hybridized carbons (Fsp3) is 0.316. The summed E-state index contributed by atoms with van der Waals surface area (Å²) < 4.78 is 19.2. The summed E-state index contributed by atoms with van der Waals surface area (Å²) in [7, 11) is 0. The normalized spacial score (nSPS) is 20.3. The summed E-state index contributed by atoms with van der Waals surface area (Å²) in [6.07, 6.45) is 5.43. The number of halogens is 1. The van der Waals surface area contributed by atoms with Crippen molar-refractivity contribution in [1.29, 1.82) is 0 Å². The van der Waals surface area contributed by atoms with Crippen LogP contribution in [0.1, 0.15) is 13.8 Å². The number of anilines is 1. The molecule has 2 aromatic heterocycles. The molecular weight excluding hydrogens is 333 g/mol. The van der Waals surface area contributed by atoms with Crippen LogP contribution in [0, 0.1) is 5.82 Å². The fourth-order valence-electron chi connectivity index (χ4n) is 3.28. The van der Waals surface area contributed by atoms with Crippen LogP contribution in [-0.2, 0) is 4.74 Å². The molecule has 134 valence electrons. The molecule has 0 radical (unpaired) electrons. The Bertz CT molecular complexity index is 871. The molecule has 1 aliphatic rings. The first-order valence-corrected chi connectivity index (χ1v) is 8.63. The van der Waals surface area contributed by atoms with Gasteiger partial charge in [-0.1, -0.05) is 0 Å². The quantitative estimate of drug-likeness (QED) is 0.783. The van der Waals surface area contributed by atoms with Crippen LogP contribution in [0.25, 0.3) is 22.6 Å². The van der Waals surface area contributed by atoms with Crippen molar-refractivity contribution < 1.29 is 9.13 Å². The minimum absolute atomic E-state index is 0.112. The molecule has 0 bridgehead atoms. The highest BCUT2D eigenvalue weighted by atomic mass is 19.1. The smallest absolute Gasteiger partial charge is 0.226 e. The van der Waals surface area contributed by atoms with Crippen LogP contribution in [-0.4, -0.2) is 45.2 Å². The SMILES string of the molecule is C[C@@H]1CN(c2ncc(-c3ncc[nH]3)c(-c3ccc(F)cc3)n2)C[C@@H](C)O1. The number of H-pyrrole nitrogens is 1. The van der Waals surface area contributed by atoms with E-state index in [2.05, 4.69) is 19.9 Å². The van der Waals surface area contributed by atoms with Crippen LogP contribution in [0.4, 0.5) is 10.3 Å². The van der Waals surface area contributed by atoms with E-state index in [1.54, 1.807) is 30.7 Å². The molecule has 0 amide bonds. The highest BCUT2D eigenvalue weighted by Gasteiger charge is 2.25. The van der Waals surface area contributed by atoms with Crippen molar-refractivity contribution in [2.45, 2.75) is 26.1 Å². The molecule has 6 nitrogen and oxygen atoms in total. The zero-order chi connectivity index (χ0) is 18.1. The number of ether oxygens (including phenoxy) is 1. The van der Waals surface area contributed by atoms with E-state index < -0.39 is 0 Å². The minimum atomic E-state index is -0.279. The molecule has 4 rings (SSSR count). The molecular formula is C19H20FN5O. The first-order chi connectivity index (χ1) is 12.6. The summed E-state index contributed by atoms with van der Waals surface area (Å²) in [4.78, 5) is 18.9. The Balaban J connectivity index is 1.79. The number of aromatic amines is 1. The Morgan fingerprint density at radius 3 is 2.50 bits per heavy atom. The third kappa shape index (κ3) is 3.30. The molecule has 0 saturated carbocycles. The molecule has 1 N–H and O–H groups in total. The van der Waals surface area contributed by atoms with Gasteiger partial charge in [0.2, 0.25) is 5.95 Å². The van der Waals surface area contributed by atoms with Crippen LogP contribution in [0.15, 0.2) is 42.9 Å². The van der Waals surface area contributed by atoms with Crippen molar-refractivity contribution in [3.8, 4) is 22.6 Å². The molecule has 3 heterocycles. The van der Waals surface area contributed by atoms with Gasteiger partial charge in [-0.15, -0.1) is 0 Å². The lowest BCUT2D eigenvalue weighted by Gasteiger charge is -2.35. The van der Waals surface area contributed by atoms with E-state index in [1.165, 1.54) is 12.1 Å². The minimum Gasteiger partial charge on any atom is -0.372 e. The lowest BCUT2D eigenvalue weighted by atomic mass is 10.1. The van der Waals surface area contributed by atoms with Gasteiger partial charge in [0.15, 0.2) is 0 Å². The van der Waals surface area contributed by atoms with Gasteiger partial charge in [0.1, 0.15) is 11.6 Å². The Morgan fingerprint density at radius 2 is 1.85 bits per heavy atom. The van der Waals surface area contributed by atoms with Crippen molar-refractivity contribution in [2.24, 2.45) is 0 Å². The van der Waals surface area contributed by atoms with Crippen molar-refractivity contribution in [2.75, 3.05) is 18.0 Å². The Hall–Kier alpha value is -2.80. The first-order valence-electron chi connectivity index (χ1n) is 8.63. The van der Waals surface area contributed by atoms with E-state index in [1.807, 2.05) is 13.8 Å². The molecule has 3 aromatic rings. The summed E-state index contributed by atoms with van der Waals surface area (Å²) in [6, 6.07) is 6.31. The number of hydrogen-bond donors (Lipinski definition) is 1. The maximum absolute atomic E-state index is 13.4. The van der Waals surface area contributed by atoms with Gasteiger partial charge in [-0.3, -0.25) is 0 Å². The van der Waals surface area contributed by atoms with Crippen LogP contribution in [0.2, 0.25) is 0 Å². The van der Waals surface area contributed by atoms with Gasteiger partial charge >= 0.3 is 0 Å². The fourth-order valence-corrected chi connectivity index (χ4v) is 3.28. The highest BCUT2D eigenvalue weighted by Crippen LogP contribution is 2.30. The second-order valence-electron chi connectivity index (χ2n) is 6.54. The maximum atomic E-state index is 13.4. The largest absolute Gasteiger partial charge is 0.372 e. The molecule has 0 aliphatic carbocycles. The molecule has 0 unspecified atom stereocenters. The summed E-state index contributed by atoms with van der Waals surface area (Å²) in [6.45, 7) is 5.54. The molecule has 7 heteroatoms. The van der Waals surface area contributed by atoms with E-state index in [0.29, 0.717) is 11.8 Å². The van der Waals surface area contributed by atoms with Crippen molar-refractivity contribution in [3.63, 3.8) is 0 Å². The van der Waals surface area contributed by atoms with Gasteiger partial charge in [0.05, 0.1) is 23.5 Å². The summed E-state index contributed by atoms with van der Waals surface area (Å²) in [5.74, 6) is 1.04. The molecule has 1 saturated heterocycles. The summed E-state index contributed by atoms with van der Waals surface area (Å²) in [5, 5.41) is 0. The van der Waals surface area contributed by atoms with Crippen LogP contribution in [0.3, 0.4) is 0 Å². The summed E-state index contributed by atoms with van der Waals surface area (Å²) in [5.41, 5.74) is 2.31. The van der Waals surface area contributed by atoms with Gasteiger partial charge in [-0.25, -0.2) is 19.3 Å². The van der Waals surface area contributed by atoms with Gasteiger partial charge in [-0.2, -0.15) is 0 Å². The standard InChI is InChI=1S/C19H20FN5O/c1-12-10-25(11-13(2)26-12)19-23-9-16(18-21-7-8-22-18)17(24-19)14-3-5-15(20)6-4-14/h3-9,12-13H,10-11H2,1-2H3,(H,21,22)/t12-,13-/m1/s1. The number of morpholine rings is 1. The topological polar surface area (TPSA) is 66.9 Å². The Labute approximate surface area is 151 Å². The summed E-state index contributed by atoms with van der Waals surface area (Å²) >= 11 is 0. The molecule has 0 spiro atoms. The number of aromatic nitrogens is 4. The van der Waals surface area contributed by atoms with Gasteiger partial charge in [0.25, 0.3) is 0 Å². The van der Waals surface area contributed by atoms with E-state index in [9.17, 15) is 4.39 Å².